The van der Waals surface area contributed by atoms with E-state index in [1.54, 1.807) is 0 Å². The smallest absolute Gasteiger partial charge is 0.0223 e. The monoisotopic (exact) mass is 184 g/mol. The average Bonchev–Trinajstić information content (AvgIpc) is 2.53. The van der Waals surface area contributed by atoms with Crippen LogP contribution >= 0.6 is 0 Å². The molecule has 13 heavy (non-hydrogen) atoms. The van der Waals surface area contributed by atoms with Crippen molar-refractivity contribution in [3.8, 4) is 0 Å². The predicted molar refractivity (Wildman–Crippen MR) is 58.0 cm³/mol. The first-order chi connectivity index (χ1) is 6.25. The van der Waals surface area contributed by atoms with Gasteiger partial charge in [-0.2, -0.15) is 0 Å². The summed E-state index contributed by atoms with van der Waals surface area (Å²) in [6.45, 7) is 10.5. The largest absolute Gasteiger partial charge is 0.315 e. The van der Waals surface area contributed by atoms with Crippen molar-refractivity contribution in [2.45, 2.75) is 52.1 Å². The van der Waals surface area contributed by atoms with Crippen LogP contribution in [-0.4, -0.2) is 36.6 Å². The molecule has 1 aliphatic rings. The van der Waals surface area contributed by atoms with Gasteiger partial charge < -0.3 is 5.32 Å². The Morgan fingerprint density at radius 3 is 2.85 bits per heavy atom. The van der Waals surface area contributed by atoms with Crippen LogP contribution in [0.1, 0.15) is 40.0 Å². The summed E-state index contributed by atoms with van der Waals surface area (Å²) in [4.78, 5) is 2.63. The molecule has 0 bridgehead atoms. The summed E-state index contributed by atoms with van der Waals surface area (Å²) in [6, 6.07) is 1.52. The molecular formula is C11H24N2. The average molecular weight is 184 g/mol. The van der Waals surface area contributed by atoms with Gasteiger partial charge in [0.15, 0.2) is 0 Å². The van der Waals surface area contributed by atoms with Gasteiger partial charge in [-0.3, -0.25) is 4.90 Å². The maximum absolute atomic E-state index is 3.52. The fourth-order valence-electron chi connectivity index (χ4n) is 2.20. The quantitative estimate of drug-likeness (QED) is 0.656. The number of hydrogen-bond acceptors (Lipinski definition) is 2. The lowest BCUT2D eigenvalue weighted by Crippen LogP contribution is -2.41. The number of hydrogen-bond donors (Lipinski definition) is 1. The van der Waals surface area contributed by atoms with Crippen molar-refractivity contribution < 1.29 is 0 Å². The molecule has 1 rings (SSSR count). The minimum Gasteiger partial charge on any atom is -0.315 e. The molecule has 0 amide bonds. The van der Waals surface area contributed by atoms with E-state index in [0.29, 0.717) is 0 Å². The highest BCUT2D eigenvalue weighted by Gasteiger charge is 2.25. The van der Waals surface area contributed by atoms with Gasteiger partial charge in [0.1, 0.15) is 0 Å². The van der Waals surface area contributed by atoms with Crippen LogP contribution in [0.25, 0.3) is 0 Å². The summed E-state index contributed by atoms with van der Waals surface area (Å²) in [7, 11) is 0. The molecule has 2 heteroatoms. The van der Waals surface area contributed by atoms with Crippen LogP contribution in [0.2, 0.25) is 0 Å². The van der Waals surface area contributed by atoms with Crippen LogP contribution in [0.4, 0.5) is 0 Å². The standard InChI is InChI=1S/C11H24N2/c1-4-7-12-9-11-6-5-8-13(11)10(2)3/h10-12H,4-9H2,1-3H3. The van der Waals surface area contributed by atoms with E-state index >= 15 is 0 Å². The molecule has 0 radical (unpaired) electrons. The van der Waals surface area contributed by atoms with E-state index in [-0.39, 0.29) is 0 Å². The molecule has 0 aromatic carbocycles. The molecule has 0 aromatic rings. The molecule has 1 unspecified atom stereocenters. The highest BCUT2D eigenvalue weighted by molar-refractivity contribution is 4.82. The zero-order chi connectivity index (χ0) is 9.68. The van der Waals surface area contributed by atoms with Crippen molar-refractivity contribution in [3.05, 3.63) is 0 Å². The van der Waals surface area contributed by atoms with E-state index < -0.39 is 0 Å². The molecule has 0 aromatic heterocycles. The van der Waals surface area contributed by atoms with E-state index in [1.807, 2.05) is 0 Å². The number of rotatable bonds is 5. The number of nitrogens with one attached hydrogen (secondary N) is 1. The maximum Gasteiger partial charge on any atom is 0.0223 e. The van der Waals surface area contributed by atoms with Crippen molar-refractivity contribution in [1.29, 1.82) is 0 Å². The van der Waals surface area contributed by atoms with Crippen LogP contribution in [0.5, 0.6) is 0 Å². The lowest BCUT2D eigenvalue weighted by molar-refractivity contribution is 0.200. The van der Waals surface area contributed by atoms with E-state index in [1.165, 1.54) is 38.9 Å². The zero-order valence-electron chi connectivity index (χ0n) is 9.34. The summed E-state index contributed by atoms with van der Waals surface area (Å²) in [5, 5.41) is 3.52. The molecule has 1 atom stereocenters. The SMILES string of the molecule is CCCNCC1CCCN1C(C)C. The van der Waals surface area contributed by atoms with Crippen molar-refractivity contribution in [2.75, 3.05) is 19.6 Å². The Morgan fingerprint density at radius 1 is 1.46 bits per heavy atom. The molecule has 1 fully saturated rings. The minimum absolute atomic E-state index is 0.718. The third-order valence-corrected chi connectivity index (χ3v) is 2.89. The Kier molecular flexibility index (Phi) is 4.74. The second kappa shape index (κ2) is 5.61. The molecule has 0 saturated carbocycles. The summed E-state index contributed by atoms with van der Waals surface area (Å²) >= 11 is 0. The third kappa shape index (κ3) is 3.28. The van der Waals surface area contributed by atoms with E-state index in [2.05, 4.69) is 31.0 Å². The van der Waals surface area contributed by atoms with Crippen molar-refractivity contribution >= 4 is 0 Å². The molecule has 1 heterocycles. The molecule has 1 N–H and O–H groups in total. The van der Waals surface area contributed by atoms with E-state index in [0.717, 1.165) is 12.1 Å². The lowest BCUT2D eigenvalue weighted by atomic mass is 10.2. The molecule has 1 saturated heterocycles. The van der Waals surface area contributed by atoms with Crippen molar-refractivity contribution in [3.63, 3.8) is 0 Å². The summed E-state index contributed by atoms with van der Waals surface area (Å²) in [6.07, 6.45) is 4.01. The second-order valence-electron chi connectivity index (χ2n) is 4.33. The van der Waals surface area contributed by atoms with Crippen LogP contribution in [0.3, 0.4) is 0 Å². The Labute approximate surface area is 82.7 Å². The van der Waals surface area contributed by atoms with Gasteiger partial charge in [-0.15, -0.1) is 0 Å². The summed E-state index contributed by atoms with van der Waals surface area (Å²) < 4.78 is 0. The van der Waals surface area contributed by atoms with Gasteiger partial charge in [0.2, 0.25) is 0 Å². The van der Waals surface area contributed by atoms with Crippen LogP contribution in [0.15, 0.2) is 0 Å². The van der Waals surface area contributed by atoms with Crippen LogP contribution in [0, 0.1) is 0 Å². The number of nitrogens with zero attached hydrogens (tertiary/aromatic N) is 1. The van der Waals surface area contributed by atoms with Crippen molar-refractivity contribution in [1.82, 2.24) is 10.2 Å². The van der Waals surface area contributed by atoms with Crippen LogP contribution in [-0.2, 0) is 0 Å². The highest BCUT2D eigenvalue weighted by atomic mass is 15.2. The van der Waals surface area contributed by atoms with Gasteiger partial charge in [-0.25, -0.2) is 0 Å². The Balaban J connectivity index is 2.23. The van der Waals surface area contributed by atoms with Crippen LogP contribution < -0.4 is 5.32 Å². The van der Waals surface area contributed by atoms with Crippen molar-refractivity contribution in [2.24, 2.45) is 0 Å². The van der Waals surface area contributed by atoms with Gasteiger partial charge in [0.25, 0.3) is 0 Å². The molecule has 78 valence electrons. The zero-order valence-corrected chi connectivity index (χ0v) is 9.34. The first kappa shape index (κ1) is 11.0. The molecule has 0 spiro atoms. The Hall–Kier alpha value is -0.0800. The molecular weight excluding hydrogens is 160 g/mol. The van der Waals surface area contributed by atoms with Gasteiger partial charge in [0, 0.05) is 18.6 Å². The van der Waals surface area contributed by atoms with Gasteiger partial charge >= 0.3 is 0 Å². The minimum atomic E-state index is 0.718. The van der Waals surface area contributed by atoms with Gasteiger partial charge in [-0.05, 0) is 46.2 Å². The van der Waals surface area contributed by atoms with E-state index in [9.17, 15) is 0 Å². The second-order valence-corrected chi connectivity index (χ2v) is 4.33. The first-order valence-corrected chi connectivity index (χ1v) is 5.72. The summed E-state index contributed by atoms with van der Waals surface area (Å²) in [5.41, 5.74) is 0. The van der Waals surface area contributed by atoms with Gasteiger partial charge in [-0.1, -0.05) is 6.92 Å². The van der Waals surface area contributed by atoms with E-state index in [4.69, 9.17) is 0 Å². The topological polar surface area (TPSA) is 15.3 Å². The molecule has 2 nitrogen and oxygen atoms in total. The fourth-order valence-corrected chi connectivity index (χ4v) is 2.20. The maximum atomic E-state index is 3.52. The highest BCUT2D eigenvalue weighted by Crippen LogP contribution is 2.18. The third-order valence-electron chi connectivity index (χ3n) is 2.89. The summed E-state index contributed by atoms with van der Waals surface area (Å²) in [5.74, 6) is 0. The molecule has 0 aliphatic carbocycles. The Morgan fingerprint density at radius 2 is 2.23 bits per heavy atom. The fraction of sp³-hybridized carbons (Fsp3) is 1.00. The Bertz CT molecular complexity index is 134. The lowest BCUT2D eigenvalue weighted by Gasteiger charge is -2.28. The predicted octanol–water partition coefficient (Wildman–Crippen LogP) is 1.86. The number of likely N-dealkylation sites (tertiary alicyclic amines) is 1. The van der Waals surface area contributed by atoms with Gasteiger partial charge in [0.05, 0.1) is 0 Å². The normalized spacial score (nSPS) is 24.5. The molecule has 1 aliphatic heterocycles. The first-order valence-electron chi connectivity index (χ1n) is 5.72.